The summed E-state index contributed by atoms with van der Waals surface area (Å²) >= 11 is 0. The summed E-state index contributed by atoms with van der Waals surface area (Å²) in [7, 11) is 0. The van der Waals surface area contributed by atoms with Crippen molar-refractivity contribution >= 4 is 22.7 Å². The Morgan fingerprint density at radius 3 is 2.90 bits per heavy atom. The van der Waals surface area contributed by atoms with Crippen molar-refractivity contribution in [1.29, 1.82) is 0 Å². The van der Waals surface area contributed by atoms with Crippen molar-refractivity contribution in [2.24, 2.45) is 0 Å². The number of H-pyrrole nitrogens is 1. The predicted molar refractivity (Wildman–Crippen MR) is 114 cm³/mol. The predicted octanol–water partition coefficient (Wildman–Crippen LogP) is 3.41. The first-order chi connectivity index (χ1) is 14.7. The van der Waals surface area contributed by atoms with E-state index in [9.17, 15) is 9.59 Å². The highest BCUT2D eigenvalue weighted by Gasteiger charge is 2.24. The minimum absolute atomic E-state index is 0.00349. The lowest BCUT2D eigenvalue weighted by atomic mass is 10.0. The van der Waals surface area contributed by atoms with Gasteiger partial charge in [0.25, 0.3) is 5.91 Å². The lowest BCUT2D eigenvalue weighted by Crippen LogP contribution is -2.32. The van der Waals surface area contributed by atoms with Crippen LogP contribution in [0.25, 0.3) is 10.9 Å². The molecule has 3 aromatic rings. The van der Waals surface area contributed by atoms with Gasteiger partial charge in [-0.05, 0) is 55.2 Å². The molecular weight excluding hydrogens is 378 g/mol. The fraction of sp³-hybridized carbons (Fsp3) is 0.333. The Labute approximate surface area is 175 Å². The quantitative estimate of drug-likeness (QED) is 0.686. The van der Waals surface area contributed by atoms with E-state index in [0.717, 1.165) is 40.6 Å². The standard InChI is InChI=1S/C24H25N3O3/c28-23(26-20-4-5-20)8-2-16-1-7-22-19(13-16)15-27(11-12-30-22)24(29)18-3-6-21-17(14-18)9-10-25-21/h1,3,6-7,9-10,13-14,20,25H,2,4-5,8,11-12,15H2,(H,26,28). The Morgan fingerprint density at radius 2 is 2.03 bits per heavy atom. The van der Waals surface area contributed by atoms with Gasteiger partial charge in [-0.25, -0.2) is 0 Å². The molecule has 0 radical (unpaired) electrons. The van der Waals surface area contributed by atoms with Gasteiger partial charge in [-0.3, -0.25) is 9.59 Å². The third-order valence-corrected chi connectivity index (χ3v) is 5.78. The number of fused-ring (bicyclic) bond motifs is 2. The van der Waals surface area contributed by atoms with Gasteiger partial charge in [0.2, 0.25) is 5.91 Å². The molecule has 0 unspecified atom stereocenters. The van der Waals surface area contributed by atoms with E-state index in [1.807, 2.05) is 47.5 Å². The fourth-order valence-electron chi connectivity index (χ4n) is 3.93. The molecule has 2 aromatic carbocycles. The highest BCUT2D eigenvalue weighted by molar-refractivity contribution is 5.98. The van der Waals surface area contributed by atoms with Gasteiger partial charge in [0.05, 0.1) is 6.54 Å². The van der Waals surface area contributed by atoms with Crippen LogP contribution in [0.4, 0.5) is 0 Å². The summed E-state index contributed by atoms with van der Waals surface area (Å²) in [5.41, 5.74) is 3.78. The number of rotatable bonds is 5. The Kier molecular flexibility index (Phi) is 4.91. The maximum atomic E-state index is 13.1. The number of nitrogens with one attached hydrogen (secondary N) is 2. The summed E-state index contributed by atoms with van der Waals surface area (Å²) in [4.78, 5) is 30.1. The van der Waals surface area contributed by atoms with Crippen LogP contribution in [0.1, 0.15) is 40.7 Å². The second-order valence-corrected chi connectivity index (χ2v) is 8.14. The van der Waals surface area contributed by atoms with E-state index in [2.05, 4.69) is 16.4 Å². The van der Waals surface area contributed by atoms with Crippen LogP contribution < -0.4 is 10.1 Å². The molecule has 6 nitrogen and oxygen atoms in total. The normalized spacial score (nSPS) is 15.9. The summed E-state index contributed by atoms with van der Waals surface area (Å²) in [5.74, 6) is 0.932. The van der Waals surface area contributed by atoms with Crippen LogP contribution >= 0.6 is 0 Å². The summed E-state index contributed by atoms with van der Waals surface area (Å²) in [6.07, 6.45) is 5.24. The first-order valence-electron chi connectivity index (χ1n) is 10.6. The Hall–Kier alpha value is -3.28. The lowest BCUT2D eigenvalue weighted by Gasteiger charge is -2.20. The molecule has 0 saturated heterocycles. The summed E-state index contributed by atoms with van der Waals surface area (Å²) in [6.45, 7) is 1.51. The summed E-state index contributed by atoms with van der Waals surface area (Å²) in [5, 5.41) is 4.06. The summed E-state index contributed by atoms with van der Waals surface area (Å²) in [6, 6.07) is 14.1. The topological polar surface area (TPSA) is 74.4 Å². The van der Waals surface area contributed by atoms with E-state index >= 15 is 0 Å². The smallest absolute Gasteiger partial charge is 0.254 e. The van der Waals surface area contributed by atoms with Gasteiger partial charge in [-0.15, -0.1) is 0 Å². The molecule has 30 heavy (non-hydrogen) atoms. The van der Waals surface area contributed by atoms with Gasteiger partial charge in [-0.1, -0.05) is 12.1 Å². The van der Waals surface area contributed by atoms with Crippen LogP contribution in [0, 0.1) is 0 Å². The van der Waals surface area contributed by atoms with Crippen molar-refractivity contribution in [2.45, 2.75) is 38.3 Å². The molecular formula is C24H25N3O3. The highest BCUT2D eigenvalue weighted by atomic mass is 16.5. The molecule has 0 spiro atoms. The van der Waals surface area contributed by atoms with Gasteiger partial charge in [-0.2, -0.15) is 0 Å². The van der Waals surface area contributed by atoms with Crippen LogP contribution in [0.5, 0.6) is 5.75 Å². The van der Waals surface area contributed by atoms with Gasteiger partial charge >= 0.3 is 0 Å². The minimum atomic E-state index is 0.00349. The highest BCUT2D eigenvalue weighted by Crippen LogP contribution is 2.26. The molecule has 0 atom stereocenters. The number of aryl methyl sites for hydroxylation is 1. The van der Waals surface area contributed by atoms with Crippen LogP contribution in [-0.2, 0) is 17.8 Å². The number of hydrogen-bond donors (Lipinski definition) is 2. The van der Waals surface area contributed by atoms with E-state index in [1.165, 1.54) is 0 Å². The van der Waals surface area contributed by atoms with E-state index in [0.29, 0.717) is 44.1 Å². The van der Waals surface area contributed by atoms with E-state index in [1.54, 1.807) is 0 Å². The summed E-state index contributed by atoms with van der Waals surface area (Å²) < 4.78 is 5.89. The van der Waals surface area contributed by atoms with Crippen molar-refractivity contribution in [1.82, 2.24) is 15.2 Å². The number of aromatic nitrogens is 1. The number of amides is 2. The van der Waals surface area contributed by atoms with Gasteiger partial charge in [0.15, 0.2) is 0 Å². The third kappa shape index (κ3) is 4.03. The molecule has 2 aliphatic rings. The van der Waals surface area contributed by atoms with Crippen molar-refractivity contribution < 1.29 is 14.3 Å². The molecule has 1 aliphatic heterocycles. The second kappa shape index (κ2) is 7.86. The average Bonchev–Trinajstić information content (AvgIpc) is 3.49. The van der Waals surface area contributed by atoms with Crippen LogP contribution in [0.3, 0.4) is 0 Å². The first kappa shape index (κ1) is 18.7. The van der Waals surface area contributed by atoms with Crippen LogP contribution in [0.2, 0.25) is 0 Å². The SMILES string of the molecule is O=C(CCc1ccc2c(c1)CN(C(=O)c1ccc3[nH]ccc3c1)CCO2)NC1CC1. The number of carbonyl (C=O) groups is 2. The number of aromatic amines is 1. The Morgan fingerprint density at radius 1 is 1.13 bits per heavy atom. The third-order valence-electron chi connectivity index (χ3n) is 5.78. The molecule has 1 saturated carbocycles. The molecule has 5 rings (SSSR count). The molecule has 2 N–H and O–H groups in total. The maximum absolute atomic E-state index is 13.1. The zero-order chi connectivity index (χ0) is 20.5. The van der Waals surface area contributed by atoms with Gasteiger partial charge in [0, 0.05) is 47.2 Å². The van der Waals surface area contributed by atoms with Crippen molar-refractivity contribution in [3.05, 3.63) is 65.4 Å². The average molecular weight is 403 g/mol. The Balaban J connectivity index is 1.30. The largest absolute Gasteiger partial charge is 0.491 e. The second-order valence-electron chi connectivity index (χ2n) is 8.14. The number of benzene rings is 2. The molecule has 6 heteroatoms. The molecule has 154 valence electrons. The molecule has 2 heterocycles. The molecule has 0 bridgehead atoms. The van der Waals surface area contributed by atoms with Crippen molar-refractivity contribution in [2.75, 3.05) is 13.2 Å². The monoisotopic (exact) mass is 403 g/mol. The molecule has 2 amide bonds. The minimum Gasteiger partial charge on any atom is -0.491 e. The Bertz CT molecular complexity index is 1100. The van der Waals surface area contributed by atoms with Crippen molar-refractivity contribution in [3.8, 4) is 5.75 Å². The number of nitrogens with zero attached hydrogens (tertiary/aromatic N) is 1. The van der Waals surface area contributed by atoms with Gasteiger partial charge in [0.1, 0.15) is 12.4 Å². The first-order valence-corrected chi connectivity index (χ1v) is 10.6. The number of ether oxygens (including phenoxy) is 1. The van der Waals surface area contributed by atoms with Crippen molar-refractivity contribution in [3.63, 3.8) is 0 Å². The zero-order valence-electron chi connectivity index (χ0n) is 16.8. The molecule has 1 aliphatic carbocycles. The lowest BCUT2D eigenvalue weighted by molar-refractivity contribution is -0.121. The van der Waals surface area contributed by atoms with Gasteiger partial charge < -0.3 is 19.9 Å². The molecule has 1 fully saturated rings. The molecule has 1 aromatic heterocycles. The van der Waals surface area contributed by atoms with Crippen LogP contribution in [-0.4, -0.2) is 40.9 Å². The fourth-order valence-corrected chi connectivity index (χ4v) is 3.93. The zero-order valence-corrected chi connectivity index (χ0v) is 16.8. The van der Waals surface area contributed by atoms with E-state index in [-0.39, 0.29) is 11.8 Å². The van der Waals surface area contributed by atoms with Crippen LogP contribution in [0.15, 0.2) is 48.7 Å². The maximum Gasteiger partial charge on any atom is 0.254 e. The number of hydrogen-bond acceptors (Lipinski definition) is 3. The van der Waals surface area contributed by atoms with E-state index in [4.69, 9.17) is 4.74 Å². The van der Waals surface area contributed by atoms with E-state index < -0.39 is 0 Å². The number of carbonyl (C=O) groups excluding carboxylic acids is 2.